The number of benzene rings is 1. The third-order valence-electron chi connectivity index (χ3n) is 3.68. The second kappa shape index (κ2) is 6.08. The molecule has 0 saturated heterocycles. The van der Waals surface area contributed by atoms with E-state index in [-0.39, 0.29) is 5.56 Å². The Balaban J connectivity index is 1.95. The van der Waals surface area contributed by atoms with Crippen molar-refractivity contribution in [2.24, 2.45) is 0 Å². The van der Waals surface area contributed by atoms with E-state index in [0.717, 1.165) is 16.8 Å². The number of hydrogen-bond acceptors (Lipinski definition) is 5. The van der Waals surface area contributed by atoms with E-state index in [1.54, 1.807) is 22.9 Å². The van der Waals surface area contributed by atoms with Crippen LogP contribution in [-0.4, -0.2) is 28.6 Å². The summed E-state index contributed by atoms with van der Waals surface area (Å²) in [6.45, 7) is 2.50. The first-order chi connectivity index (χ1) is 11.1. The number of rotatable bonds is 4. The fourth-order valence-corrected chi connectivity index (χ4v) is 2.41. The number of nitrogens with zero attached hydrogens (tertiary/aromatic N) is 4. The molecule has 0 fully saturated rings. The lowest BCUT2D eigenvalue weighted by Gasteiger charge is -2.13. The summed E-state index contributed by atoms with van der Waals surface area (Å²) >= 11 is 0. The molecule has 0 unspecified atom stereocenters. The van der Waals surface area contributed by atoms with Crippen LogP contribution in [0.2, 0.25) is 0 Å². The van der Waals surface area contributed by atoms with E-state index in [9.17, 15) is 4.79 Å². The van der Waals surface area contributed by atoms with Crippen molar-refractivity contribution in [3.8, 4) is 0 Å². The molecule has 3 rings (SSSR count). The number of pyridine rings is 1. The van der Waals surface area contributed by atoms with E-state index >= 15 is 0 Å². The fourth-order valence-electron chi connectivity index (χ4n) is 2.41. The number of nitrogens with one attached hydrogen (secondary N) is 1. The van der Waals surface area contributed by atoms with Gasteiger partial charge in [0.1, 0.15) is 5.65 Å². The summed E-state index contributed by atoms with van der Waals surface area (Å²) in [6, 6.07) is 11.3. The standard InChI is InChI=1S/C17H19N5O/c1-4-22-15(23)10-5-12-11-18-17(20-16(12)22)19-13-6-8-14(9-7-13)21(2)3/h5-11H,4H2,1-3H3,(H,18,19,20). The molecule has 0 aliphatic carbocycles. The van der Waals surface area contributed by atoms with E-state index in [2.05, 4.69) is 15.3 Å². The largest absolute Gasteiger partial charge is 0.378 e. The minimum atomic E-state index is -0.0556. The molecule has 0 atom stereocenters. The van der Waals surface area contributed by atoms with Gasteiger partial charge < -0.3 is 10.2 Å². The molecule has 0 spiro atoms. The van der Waals surface area contributed by atoms with Crippen LogP contribution in [0.5, 0.6) is 0 Å². The maximum absolute atomic E-state index is 11.9. The lowest BCUT2D eigenvalue weighted by atomic mass is 10.2. The molecule has 23 heavy (non-hydrogen) atoms. The molecule has 6 heteroatoms. The highest BCUT2D eigenvalue weighted by atomic mass is 16.1. The van der Waals surface area contributed by atoms with Crippen molar-refractivity contribution in [1.29, 1.82) is 0 Å². The summed E-state index contributed by atoms with van der Waals surface area (Å²) in [5.74, 6) is 0.475. The molecule has 0 amide bonds. The van der Waals surface area contributed by atoms with Gasteiger partial charge in [-0.1, -0.05) is 0 Å². The zero-order valence-electron chi connectivity index (χ0n) is 13.4. The Morgan fingerprint density at radius 3 is 2.52 bits per heavy atom. The Morgan fingerprint density at radius 2 is 1.87 bits per heavy atom. The summed E-state index contributed by atoms with van der Waals surface area (Å²) in [5.41, 5.74) is 2.61. The molecule has 0 radical (unpaired) electrons. The van der Waals surface area contributed by atoms with Crippen LogP contribution in [-0.2, 0) is 6.54 Å². The summed E-state index contributed by atoms with van der Waals surface area (Å²) < 4.78 is 1.64. The molecular weight excluding hydrogens is 290 g/mol. The van der Waals surface area contributed by atoms with Crippen LogP contribution in [0, 0.1) is 0 Å². The predicted octanol–water partition coefficient (Wildman–Crippen LogP) is 2.62. The van der Waals surface area contributed by atoms with Crippen molar-refractivity contribution in [3.63, 3.8) is 0 Å². The van der Waals surface area contributed by atoms with Gasteiger partial charge in [0.2, 0.25) is 5.95 Å². The summed E-state index contributed by atoms with van der Waals surface area (Å²) in [4.78, 5) is 22.8. The molecule has 3 aromatic rings. The van der Waals surface area contributed by atoms with E-state index < -0.39 is 0 Å². The molecule has 1 N–H and O–H groups in total. The fraction of sp³-hybridized carbons (Fsp3) is 0.235. The first-order valence-corrected chi connectivity index (χ1v) is 7.49. The third kappa shape index (κ3) is 3.01. The number of aromatic nitrogens is 3. The second-order valence-corrected chi connectivity index (χ2v) is 5.45. The number of aryl methyl sites for hydroxylation is 1. The highest BCUT2D eigenvalue weighted by Crippen LogP contribution is 2.19. The van der Waals surface area contributed by atoms with Crippen molar-refractivity contribution in [2.75, 3.05) is 24.3 Å². The SMILES string of the molecule is CCn1c(=O)ccc2cnc(Nc3ccc(N(C)C)cc3)nc21. The zero-order chi connectivity index (χ0) is 16.4. The molecular formula is C17H19N5O. The molecule has 0 aliphatic heterocycles. The molecule has 2 heterocycles. The van der Waals surface area contributed by atoms with Crippen LogP contribution in [0.1, 0.15) is 6.92 Å². The van der Waals surface area contributed by atoms with E-state index in [1.165, 1.54) is 0 Å². The number of anilines is 3. The highest BCUT2D eigenvalue weighted by Gasteiger charge is 2.06. The Kier molecular flexibility index (Phi) is 3.97. The summed E-state index contributed by atoms with van der Waals surface area (Å²) in [6.07, 6.45) is 1.73. The summed E-state index contributed by atoms with van der Waals surface area (Å²) in [7, 11) is 4.00. The Bertz CT molecular complexity index is 884. The van der Waals surface area contributed by atoms with Gasteiger partial charge in [0.05, 0.1) is 0 Å². The van der Waals surface area contributed by atoms with Crippen molar-refractivity contribution >= 4 is 28.4 Å². The van der Waals surface area contributed by atoms with Gasteiger partial charge in [0.25, 0.3) is 5.56 Å². The first-order valence-electron chi connectivity index (χ1n) is 7.49. The van der Waals surface area contributed by atoms with Gasteiger partial charge in [-0.3, -0.25) is 9.36 Å². The van der Waals surface area contributed by atoms with Crippen LogP contribution in [0.15, 0.2) is 47.4 Å². The quantitative estimate of drug-likeness (QED) is 0.802. The van der Waals surface area contributed by atoms with Gasteiger partial charge >= 0.3 is 0 Å². The Labute approximate surface area is 134 Å². The van der Waals surface area contributed by atoms with Gasteiger partial charge in [0, 0.05) is 49.7 Å². The van der Waals surface area contributed by atoms with Crippen molar-refractivity contribution in [2.45, 2.75) is 13.5 Å². The van der Waals surface area contributed by atoms with E-state index in [4.69, 9.17) is 0 Å². The summed E-state index contributed by atoms with van der Waals surface area (Å²) in [5, 5.41) is 4.02. The third-order valence-corrected chi connectivity index (χ3v) is 3.68. The molecule has 2 aromatic heterocycles. The predicted molar refractivity (Wildman–Crippen MR) is 93.5 cm³/mol. The van der Waals surface area contributed by atoms with Crippen molar-refractivity contribution < 1.29 is 0 Å². The molecule has 0 aliphatic rings. The zero-order valence-corrected chi connectivity index (χ0v) is 13.4. The lowest BCUT2D eigenvalue weighted by Crippen LogP contribution is -2.19. The van der Waals surface area contributed by atoms with Gasteiger partial charge in [0.15, 0.2) is 0 Å². The monoisotopic (exact) mass is 309 g/mol. The topological polar surface area (TPSA) is 63.1 Å². The van der Waals surface area contributed by atoms with Gasteiger partial charge in [-0.05, 0) is 37.3 Å². The van der Waals surface area contributed by atoms with Gasteiger partial charge in [-0.25, -0.2) is 4.98 Å². The van der Waals surface area contributed by atoms with Crippen molar-refractivity contribution in [1.82, 2.24) is 14.5 Å². The van der Waals surface area contributed by atoms with Crippen LogP contribution >= 0.6 is 0 Å². The maximum atomic E-state index is 11.9. The first kappa shape index (κ1) is 15.0. The second-order valence-electron chi connectivity index (χ2n) is 5.45. The minimum absolute atomic E-state index is 0.0556. The normalized spacial score (nSPS) is 10.7. The van der Waals surface area contributed by atoms with Crippen LogP contribution in [0.25, 0.3) is 11.0 Å². The average molecular weight is 309 g/mol. The van der Waals surface area contributed by atoms with Crippen LogP contribution < -0.4 is 15.8 Å². The molecule has 0 saturated carbocycles. The smallest absolute Gasteiger partial charge is 0.252 e. The molecule has 118 valence electrons. The number of fused-ring (bicyclic) bond motifs is 1. The average Bonchev–Trinajstić information content (AvgIpc) is 2.55. The van der Waals surface area contributed by atoms with Crippen LogP contribution in [0.4, 0.5) is 17.3 Å². The minimum Gasteiger partial charge on any atom is -0.378 e. The molecule has 0 bridgehead atoms. The van der Waals surface area contributed by atoms with Crippen molar-refractivity contribution in [3.05, 3.63) is 52.9 Å². The number of hydrogen-bond donors (Lipinski definition) is 1. The van der Waals surface area contributed by atoms with Crippen LogP contribution in [0.3, 0.4) is 0 Å². The van der Waals surface area contributed by atoms with E-state index in [1.807, 2.05) is 50.2 Å². The van der Waals surface area contributed by atoms with E-state index in [0.29, 0.717) is 18.1 Å². The Hall–Kier alpha value is -2.89. The molecule has 1 aromatic carbocycles. The lowest BCUT2D eigenvalue weighted by molar-refractivity contribution is 0.749. The van der Waals surface area contributed by atoms with Gasteiger partial charge in [-0.15, -0.1) is 0 Å². The maximum Gasteiger partial charge on any atom is 0.252 e. The van der Waals surface area contributed by atoms with Gasteiger partial charge in [-0.2, -0.15) is 4.98 Å². The Morgan fingerprint density at radius 1 is 1.13 bits per heavy atom. The molecule has 6 nitrogen and oxygen atoms in total. The highest BCUT2D eigenvalue weighted by molar-refractivity contribution is 5.75.